The van der Waals surface area contributed by atoms with E-state index in [9.17, 15) is 4.79 Å². The number of aromatic nitrogens is 6. The maximum atomic E-state index is 12.3. The summed E-state index contributed by atoms with van der Waals surface area (Å²) in [6.45, 7) is 1.87. The van der Waals surface area contributed by atoms with E-state index < -0.39 is 0 Å². The third kappa shape index (κ3) is 3.55. The highest BCUT2D eigenvalue weighted by atomic mass is 16.2. The average Bonchev–Trinajstić information content (AvgIpc) is 3.25. The second kappa shape index (κ2) is 7.41. The maximum Gasteiger partial charge on any atom is 0.350 e. The largest absolute Gasteiger partial charge is 0.350 e. The molecule has 0 aromatic carbocycles. The molecule has 8 heteroatoms. The Labute approximate surface area is 152 Å². The summed E-state index contributed by atoms with van der Waals surface area (Å²) in [4.78, 5) is 14.7. The first-order valence-corrected chi connectivity index (χ1v) is 9.34. The molecule has 0 saturated heterocycles. The fourth-order valence-electron chi connectivity index (χ4n) is 3.74. The standard InChI is InChI=1S/C18H25N7O/c1-22(16-7-3-2-4-8-16)13-15-14-23(21-19-15)11-12-25-18(26)24-10-6-5-9-17(24)20-25/h5-6,9-10,14,16H,2-4,7-8,11-13H2,1H3. The van der Waals surface area contributed by atoms with Gasteiger partial charge in [0.15, 0.2) is 5.65 Å². The van der Waals surface area contributed by atoms with Crippen molar-refractivity contribution in [3.8, 4) is 0 Å². The van der Waals surface area contributed by atoms with E-state index in [1.54, 1.807) is 15.3 Å². The van der Waals surface area contributed by atoms with Gasteiger partial charge >= 0.3 is 5.69 Å². The van der Waals surface area contributed by atoms with Gasteiger partial charge in [-0.05, 0) is 32.0 Å². The van der Waals surface area contributed by atoms with Crippen molar-refractivity contribution in [3.05, 3.63) is 46.8 Å². The van der Waals surface area contributed by atoms with Crippen molar-refractivity contribution in [1.82, 2.24) is 34.1 Å². The molecule has 3 heterocycles. The molecule has 0 radical (unpaired) electrons. The molecule has 0 N–H and O–H groups in total. The summed E-state index contributed by atoms with van der Waals surface area (Å²) in [5.74, 6) is 0. The number of fused-ring (bicyclic) bond motifs is 1. The molecule has 0 atom stereocenters. The van der Waals surface area contributed by atoms with Crippen LogP contribution >= 0.6 is 0 Å². The van der Waals surface area contributed by atoms with Gasteiger partial charge in [-0.25, -0.2) is 9.48 Å². The molecule has 0 unspecified atom stereocenters. The van der Waals surface area contributed by atoms with Crippen molar-refractivity contribution in [2.75, 3.05) is 7.05 Å². The summed E-state index contributed by atoms with van der Waals surface area (Å²) in [7, 11) is 2.17. The van der Waals surface area contributed by atoms with E-state index in [0.717, 1.165) is 12.2 Å². The number of hydrogen-bond donors (Lipinski definition) is 0. The summed E-state index contributed by atoms with van der Waals surface area (Å²) < 4.78 is 4.82. The zero-order valence-corrected chi connectivity index (χ0v) is 15.2. The minimum Gasteiger partial charge on any atom is -0.297 e. The topological polar surface area (TPSA) is 73.2 Å². The van der Waals surface area contributed by atoms with Crippen LogP contribution in [0.15, 0.2) is 35.4 Å². The lowest BCUT2D eigenvalue weighted by Crippen LogP contribution is -2.32. The van der Waals surface area contributed by atoms with Gasteiger partial charge in [-0.3, -0.25) is 14.0 Å². The zero-order valence-electron chi connectivity index (χ0n) is 15.2. The van der Waals surface area contributed by atoms with Crippen LogP contribution in [0.2, 0.25) is 0 Å². The van der Waals surface area contributed by atoms with Crippen LogP contribution in [0.1, 0.15) is 37.8 Å². The van der Waals surface area contributed by atoms with Crippen LogP contribution in [0, 0.1) is 0 Å². The fraction of sp³-hybridized carbons (Fsp3) is 0.556. The molecular weight excluding hydrogens is 330 g/mol. The monoisotopic (exact) mass is 355 g/mol. The van der Waals surface area contributed by atoms with Crippen molar-refractivity contribution in [2.24, 2.45) is 0 Å². The van der Waals surface area contributed by atoms with Gasteiger partial charge in [0.1, 0.15) is 0 Å². The highest BCUT2D eigenvalue weighted by Gasteiger charge is 2.18. The van der Waals surface area contributed by atoms with Crippen molar-refractivity contribution in [3.63, 3.8) is 0 Å². The smallest absolute Gasteiger partial charge is 0.297 e. The summed E-state index contributed by atoms with van der Waals surface area (Å²) in [6.07, 6.45) is 10.3. The van der Waals surface area contributed by atoms with Crippen LogP contribution < -0.4 is 5.69 Å². The van der Waals surface area contributed by atoms with Gasteiger partial charge in [0, 0.05) is 25.0 Å². The summed E-state index contributed by atoms with van der Waals surface area (Å²) >= 11 is 0. The van der Waals surface area contributed by atoms with Gasteiger partial charge in [0.05, 0.1) is 18.8 Å². The predicted molar refractivity (Wildman–Crippen MR) is 97.8 cm³/mol. The SMILES string of the molecule is CN(Cc1cn(CCn2nc3ccccn3c2=O)nn1)C1CCCCC1. The van der Waals surface area contributed by atoms with E-state index in [0.29, 0.717) is 24.8 Å². The minimum absolute atomic E-state index is 0.127. The third-order valence-electron chi connectivity index (χ3n) is 5.22. The molecule has 3 aromatic rings. The van der Waals surface area contributed by atoms with E-state index >= 15 is 0 Å². The lowest BCUT2D eigenvalue weighted by Gasteiger charge is -2.30. The first kappa shape index (κ1) is 17.0. The van der Waals surface area contributed by atoms with E-state index in [1.165, 1.54) is 36.8 Å². The van der Waals surface area contributed by atoms with E-state index in [4.69, 9.17) is 0 Å². The Kier molecular flexibility index (Phi) is 4.83. The molecule has 8 nitrogen and oxygen atoms in total. The van der Waals surface area contributed by atoms with Crippen LogP contribution in [-0.2, 0) is 19.6 Å². The van der Waals surface area contributed by atoms with Crippen molar-refractivity contribution in [2.45, 2.75) is 57.8 Å². The number of hydrogen-bond acceptors (Lipinski definition) is 5. The molecule has 1 aliphatic carbocycles. The Hall–Kier alpha value is -2.48. The minimum atomic E-state index is -0.127. The molecule has 4 rings (SSSR count). The van der Waals surface area contributed by atoms with Crippen LogP contribution in [-0.4, -0.2) is 47.2 Å². The Morgan fingerprint density at radius 2 is 2.04 bits per heavy atom. The molecule has 0 amide bonds. The molecule has 1 fully saturated rings. The number of rotatable bonds is 6. The predicted octanol–water partition coefficient (Wildman–Crippen LogP) is 1.55. The Balaban J connectivity index is 1.37. The molecule has 0 spiro atoms. The Morgan fingerprint density at radius 1 is 1.19 bits per heavy atom. The van der Waals surface area contributed by atoms with Crippen molar-refractivity contribution < 1.29 is 0 Å². The van der Waals surface area contributed by atoms with Gasteiger partial charge in [-0.15, -0.1) is 10.2 Å². The van der Waals surface area contributed by atoms with E-state index in [-0.39, 0.29) is 5.69 Å². The molecule has 3 aromatic heterocycles. The zero-order chi connectivity index (χ0) is 17.9. The summed E-state index contributed by atoms with van der Waals surface area (Å²) in [6, 6.07) is 6.18. The molecule has 0 bridgehead atoms. The summed E-state index contributed by atoms with van der Waals surface area (Å²) in [5, 5.41) is 12.8. The van der Waals surface area contributed by atoms with Gasteiger partial charge in [-0.1, -0.05) is 30.5 Å². The van der Waals surface area contributed by atoms with Crippen LogP contribution in [0.4, 0.5) is 0 Å². The lowest BCUT2D eigenvalue weighted by atomic mass is 9.94. The molecule has 0 aliphatic heterocycles. The normalized spacial score (nSPS) is 15.9. The molecule has 138 valence electrons. The number of aryl methyl sites for hydroxylation is 2. The second-order valence-electron chi connectivity index (χ2n) is 7.11. The Morgan fingerprint density at radius 3 is 2.85 bits per heavy atom. The van der Waals surface area contributed by atoms with Gasteiger partial charge in [0.25, 0.3) is 0 Å². The molecule has 1 aliphatic rings. The quantitative estimate of drug-likeness (QED) is 0.671. The van der Waals surface area contributed by atoms with Gasteiger partial charge in [-0.2, -0.15) is 0 Å². The average molecular weight is 355 g/mol. The molecule has 26 heavy (non-hydrogen) atoms. The van der Waals surface area contributed by atoms with Crippen LogP contribution in [0.3, 0.4) is 0 Å². The Bertz CT molecular complexity index is 919. The maximum absolute atomic E-state index is 12.3. The lowest BCUT2D eigenvalue weighted by molar-refractivity contribution is 0.182. The number of nitrogens with zero attached hydrogens (tertiary/aromatic N) is 7. The highest BCUT2D eigenvalue weighted by molar-refractivity contribution is 5.35. The van der Waals surface area contributed by atoms with Crippen molar-refractivity contribution in [1.29, 1.82) is 0 Å². The second-order valence-corrected chi connectivity index (χ2v) is 7.11. The van der Waals surface area contributed by atoms with E-state index in [2.05, 4.69) is 27.4 Å². The first-order valence-electron chi connectivity index (χ1n) is 9.34. The van der Waals surface area contributed by atoms with Gasteiger partial charge in [0.2, 0.25) is 0 Å². The third-order valence-corrected chi connectivity index (χ3v) is 5.22. The number of pyridine rings is 1. The molecule has 1 saturated carbocycles. The van der Waals surface area contributed by atoms with E-state index in [1.807, 2.05) is 24.4 Å². The molecular formula is C18H25N7O. The van der Waals surface area contributed by atoms with Crippen LogP contribution in [0.25, 0.3) is 5.65 Å². The first-order chi connectivity index (χ1) is 12.7. The van der Waals surface area contributed by atoms with Crippen molar-refractivity contribution >= 4 is 5.65 Å². The van der Waals surface area contributed by atoms with Gasteiger partial charge < -0.3 is 0 Å². The highest BCUT2D eigenvalue weighted by Crippen LogP contribution is 2.22. The fourth-order valence-corrected chi connectivity index (χ4v) is 3.74. The summed E-state index contributed by atoms with van der Waals surface area (Å²) in [5.41, 5.74) is 1.50. The van der Waals surface area contributed by atoms with Crippen LogP contribution in [0.5, 0.6) is 0 Å².